The molecular weight excluding hydrogens is 366 g/mol. The molecule has 4 heteroatoms. The van der Waals surface area contributed by atoms with Crippen LogP contribution >= 0.6 is 11.3 Å². The lowest BCUT2D eigenvalue weighted by Crippen LogP contribution is -2.34. The number of carbonyl (C=O) groups excluding carboxylic acids is 1. The lowest BCUT2D eigenvalue weighted by atomic mass is 9.75. The summed E-state index contributed by atoms with van der Waals surface area (Å²) < 4.78 is 5.17. The third kappa shape index (κ3) is 4.54. The van der Waals surface area contributed by atoms with E-state index in [0.717, 1.165) is 42.4 Å². The first-order valence-electron chi connectivity index (χ1n) is 10.9. The number of carbonyl (C=O) groups is 1. The Morgan fingerprint density at radius 3 is 2.50 bits per heavy atom. The van der Waals surface area contributed by atoms with E-state index in [0.29, 0.717) is 5.92 Å². The first-order valence-corrected chi connectivity index (χ1v) is 11.7. The summed E-state index contributed by atoms with van der Waals surface area (Å²) >= 11 is 1.63. The van der Waals surface area contributed by atoms with E-state index < -0.39 is 0 Å². The van der Waals surface area contributed by atoms with Crippen LogP contribution in [-0.4, -0.2) is 37.6 Å². The molecule has 1 aliphatic heterocycles. The minimum Gasteiger partial charge on any atom is -0.465 e. The summed E-state index contributed by atoms with van der Waals surface area (Å²) in [7, 11) is 1.50. The SMILES string of the molecule is CCN1CCC(c2cc(C(C)(C)C)sc2C(=O)OC)=C(C2CCC(C)CC2)C1. The molecule has 0 aromatic carbocycles. The fourth-order valence-corrected chi connectivity index (χ4v) is 5.80. The maximum Gasteiger partial charge on any atom is 0.348 e. The van der Waals surface area contributed by atoms with Crippen molar-refractivity contribution in [3.63, 3.8) is 0 Å². The predicted octanol–water partition coefficient (Wildman–Crippen LogP) is 6.14. The van der Waals surface area contributed by atoms with Crippen LogP contribution in [-0.2, 0) is 10.2 Å². The van der Waals surface area contributed by atoms with E-state index in [4.69, 9.17) is 4.74 Å². The second kappa shape index (κ2) is 8.71. The fraction of sp³-hybridized carbons (Fsp3) is 0.708. The van der Waals surface area contributed by atoms with Crippen molar-refractivity contribution in [3.8, 4) is 0 Å². The van der Waals surface area contributed by atoms with Crippen molar-refractivity contribution in [2.75, 3.05) is 26.7 Å². The zero-order valence-corrected chi connectivity index (χ0v) is 19.4. The Morgan fingerprint density at radius 1 is 1.25 bits per heavy atom. The molecule has 3 nitrogen and oxygen atoms in total. The van der Waals surface area contributed by atoms with Crippen LogP contribution in [0.2, 0.25) is 0 Å². The molecule has 1 aromatic rings. The van der Waals surface area contributed by atoms with Crippen LogP contribution < -0.4 is 0 Å². The molecule has 0 saturated heterocycles. The first-order chi connectivity index (χ1) is 13.2. The van der Waals surface area contributed by atoms with E-state index in [9.17, 15) is 4.79 Å². The Bertz CT molecular complexity index is 732. The average molecular weight is 404 g/mol. The second-order valence-electron chi connectivity index (χ2n) is 9.67. The van der Waals surface area contributed by atoms with Gasteiger partial charge in [0, 0.05) is 23.5 Å². The van der Waals surface area contributed by atoms with Gasteiger partial charge in [0.15, 0.2) is 0 Å². The van der Waals surface area contributed by atoms with Crippen LogP contribution in [0.4, 0.5) is 0 Å². The minimum absolute atomic E-state index is 0.0385. The van der Waals surface area contributed by atoms with Gasteiger partial charge in [0.05, 0.1) is 7.11 Å². The van der Waals surface area contributed by atoms with Crippen LogP contribution in [0.1, 0.15) is 86.8 Å². The highest BCUT2D eigenvalue weighted by Crippen LogP contribution is 2.43. The van der Waals surface area contributed by atoms with Gasteiger partial charge in [-0.05, 0) is 60.3 Å². The molecule has 1 aromatic heterocycles. The highest BCUT2D eigenvalue weighted by atomic mass is 32.1. The van der Waals surface area contributed by atoms with E-state index in [1.165, 1.54) is 43.2 Å². The third-order valence-corrected chi connectivity index (χ3v) is 8.12. The Hall–Kier alpha value is -1.13. The van der Waals surface area contributed by atoms with Crippen LogP contribution in [0.3, 0.4) is 0 Å². The molecule has 0 unspecified atom stereocenters. The summed E-state index contributed by atoms with van der Waals surface area (Å²) in [5.74, 6) is 1.34. The van der Waals surface area contributed by atoms with E-state index >= 15 is 0 Å². The molecule has 1 fully saturated rings. The second-order valence-corrected chi connectivity index (χ2v) is 10.7. The van der Waals surface area contributed by atoms with Crippen LogP contribution in [0, 0.1) is 11.8 Å². The van der Waals surface area contributed by atoms with Crippen molar-refractivity contribution in [1.29, 1.82) is 0 Å². The van der Waals surface area contributed by atoms with Crippen LogP contribution in [0.5, 0.6) is 0 Å². The number of esters is 1. The van der Waals surface area contributed by atoms with Crippen molar-refractivity contribution >= 4 is 22.9 Å². The molecule has 0 spiro atoms. The van der Waals surface area contributed by atoms with E-state index in [2.05, 4.69) is 45.6 Å². The molecular formula is C24H37NO2S. The molecule has 0 bridgehead atoms. The van der Waals surface area contributed by atoms with E-state index in [-0.39, 0.29) is 11.4 Å². The van der Waals surface area contributed by atoms with Gasteiger partial charge in [-0.3, -0.25) is 4.90 Å². The van der Waals surface area contributed by atoms with Crippen molar-refractivity contribution < 1.29 is 9.53 Å². The van der Waals surface area contributed by atoms with Crippen molar-refractivity contribution in [1.82, 2.24) is 4.90 Å². The van der Waals surface area contributed by atoms with Gasteiger partial charge in [-0.1, -0.05) is 47.5 Å². The number of ether oxygens (including phenoxy) is 1. The Kier molecular flexibility index (Phi) is 6.71. The summed E-state index contributed by atoms with van der Waals surface area (Å²) in [5.41, 5.74) is 4.24. The van der Waals surface area contributed by atoms with Crippen molar-refractivity contribution in [3.05, 3.63) is 27.0 Å². The third-order valence-electron chi connectivity index (χ3n) is 6.58. The molecule has 3 rings (SSSR count). The lowest BCUT2D eigenvalue weighted by molar-refractivity contribution is 0.0606. The van der Waals surface area contributed by atoms with Crippen LogP contribution in [0.15, 0.2) is 11.6 Å². The molecule has 156 valence electrons. The number of thiophene rings is 1. The lowest BCUT2D eigenvalue weighted by Gasteiger charge is -2.37. The minimum atomic E-state index is -0.183. The molecule has 0 amide bonds. The fourth-order valence-electron chi connectivity index (χ4n) is 4.64. The van der Waals surface area contributed by atoms with E-state index in [1.54, 1.807) is 16.9 Å². The predicted molar refractivity (Wildman–Crippen MR) is 119 cm³/mol. The van der Waals surface area contributed by atoms with Crippen molar-refractivity contribution in [2.45, 2.75) is 72.1 Å². The maximum atomic E-state index is 12.6. The number of hydrogen-bond donors (Lipinski definition) is 0. The van der Waals surface area contributed by atoms with Gasteiger partial charge in [-0.25, -0.2) is 4.79 Å². The summed E-state index contributed by atoms with van der Waals surface area (Å²) in [4.78, 5) is 17.2. The highest BCUT2D eigenvalue weighted by Gasteiger charge is 2.32. The number of hydrogen-bond acceptors (Lipinski definition) is 4. The summed E-state index contributed by atoms with van der Waals surface area (Å²) in [6.45, 7) is 14.6. The maximum absolute atomic E-state index is 12.6. The first kappa shape index (κ1) is 21.6. The molecule has 2 heterocycles. The van der Waals surface area contributed by atoms with Gasteiger partial charge in [-0.15, -0.1) is 11.3 Å². The zero-order chi connectivity index (χ0) is 20.5. The standard InChI is InChI=1S/C24H37NO2S/c1-7-25-13-12-18(20(15-25)17-10-8-16(2)9-11-17)19-14-21(24(3,4)5)28-22(19)23(26)27-6/h14,16-17H,7-13,15H2,1-6H3. The molecule has 0 atom stereocenters. The quantitative estimate of drug-likeness (QED) is 0.566. The normalized spacial score (nSPS) is 24.5. The van der Waals surface area contributed by atoms with Gasteiger partial charge < -0.3 is 4.74 Å². The van der Waals surface area contributed by atoms with Crippen molar-refractivity contribution in [2.24, 2.45) is 11.8 Å². The van der Waals surface area contributed by atoms with Gasteiger partial charge in [0.2, 0.25) is 0 Å². The smallest absolute Gasteiger partial charge is 0.348 e. The molecule has 0 radical (unpaired) electrons. The monoisotopic (exact) mass is 403 g/mol. The average Bonchev–Trinajstić information content (AvgIpc) is 3.13. The molecule has 28 heavy (non-hydrogen) atoms. The molecule has 1 aliphatic carbocycles. The number of nitrogens with zero attached hydrogens (tertiary/aromatic N) is 1. The Balaban J connectivity index is 2.08. The Morgan fingerprint density at radius 2 is 1.93 bits per heavy atom. The number of methoxy groups -OCH3 is 1. The Labute approximate surface area is 175 Å². The van der Waals surface area contributed by atoms with Gasteiger partial charge >= 0.3 is 5.97 Å². The topological polar surface area (TPSA) is 29.5 Å². The summed E-state index contributed by atoms with van der Waals surface area (Å²) in [5, 5.41) is 0. The van der Waals surface area contributed by atoms with Gasteiger partial charge in [0.25, 0.3) is 0 Å². The largest absolute Gasteiger partial charge is 0.465 e. The number of likely N-dealkylation sites (N-methyl/N-ethyl adjacent to an activating group) is 1. The van der Waals surface area contributed by atoms with Gasteiger partial charge in [0.1, 0.15) is 4.88 Å². The molecule has 0 N–H and O–H groups in total. The highest BCUT2D eigenvalue weighted by molar-refractivity contribution is 7.14. The summed E-state index contributed by atoms with van der Waals surface area (Å²) in [6, 6.07) is 2.29. The molecule has 1 saturated carbocycles. The van der Waals surface area contributed by atoms with E-state index in [1.807, 2.05) is 0 Å². The zero-order valence-electron chi connectivity index (χ0n) is 18.6. The molecule has 2 aliphatic rings. The summed E-state index contributed by atoms with van der Waals surface area (Å²) in [6.07, 6.45) is 6.28. The van der Waals surface area contributed by atoms with Gasteiger partial charge in [-0.2, -0.15) is 0 Å². The number of rotatable bonds is 4. The van der Waals surface area contributed by atoms with Crippen LogP contribution in [0.25, 0.3) is 5.57 Å².